The number of aromatic nitrogens is 1. The van der Waals surface area contributed by atoms with E-state index in [0.29, 0.717) is 46.8 Å². The molecule has 4 heterocycles. The third-order valence-electron chi connectivity index (χ3n) is 7.25. The fourth-order valence-electron chi connectivity index (χ4n) is 5.31. The second-order valence-corrected chi connectivity index (χ2v) is 12.1. The normalized spacial score (nSPS) is 22.3. The van der Waals surface area contributed by atoms with Crippen molar-refractivity contribution in [1.82, 2.24) is 9.47 Å². The van der Waals surface area contributed by atoms with Gasteiger partial charge < -0.3 is 9.64 Å². The van der Waals surface area contributed by atoms with Crippen LogP contribution < -0.4 is 9.77 Å². The predicted molar refractivity (Wildman–Crippen MR) is 148 cm³/mol. The predicted octanol–water partition coefficient (Wildman–Crippen LogP) is 3.13. The monoisotopic (exact) mass is 600 g/mol. The zero-order valence-corrected chi connectivity index (χ0v) is 23.1. The first-order valence-corrected chi connectivity index (χ1v) is 14.5. The Kier molecular flexibility index (Phi) is 6.98. The first-order valence-electron chi connectivity index (χ1n) is 12.4. The van der Waals surface area contributed by atoms with Gasteiger partial charge >= 0.3 is 4.87 Å². The molecule has 3 amide bonds. The maximum atomic E-state index is 13.9. The number of non-ortho nitro benzene ring substituents is 1. The number of rotatable bonds is 5. The Morgan fingerprint density at radius 2 is 1.70 bits per heavy atom. The standard InChI is InChI=1S/C26H21ClN4O7S2/c27-15-3-1-14(2-4-15)19-20-21(24(34)30(23(20)33)16-5-7-17(8-6-16)31(36)37)39-25-22(19)40-26(35)29(25)13-18(32)28-9-11-38-12-10-28/h1-8,19-21H,9-13H2/t19-,20?,21?/m1/s1. The third-order valence-corrected chi connectivity index (χ3v) is 10.1. The number of nitro groups is 1. The molecule has 2 unspecified atom stereocenters. The second kappa shape index (κ2) is 10.5. The highest BCUT2D eigenvalue weighted by Crippen LogP contribution is 2.54. The minimum atomic E-state index is -0.866. The fourth-order valence-corrected chi connectivity index (χ4v) is 8.21. The maximum Gasteiger partial charge on any atom is 0.308 e. The van der Waals surface area contributed by atoms with Crippen molar-refractivity contribution in [2.45, 2.75) is 22.7 Å². The van der Waals surface area contributed by atoms with Crippen molar-refractivity contribution in [1.29, 1.82) is 0 Å². The van der Waals surface area contributed by atoms with Gasteiger partial charge in [-0.1, -0.05) is 46.8 Å². The molecule has 3 aliphatic heterocycles. The summed E-state index contributed by atoms with van der Waals surface area (Å²) in [5.41, 5.74) is 0.777. The number of ether oxygens (including phenoxy) is 1. The van der Waals surface area contributed by atoms with Crippen LogP contribution in [0, 0.1) is 16.0 Å². The van der Waals surface area contributed by atoms with Crippen LogP contribution in [0.3, 0.4) is 0 Å². The molecule has 0 aliphatic carbocycles. The van der Waals surface area contributed by atoms with E-state index in [1.54, 1.807) is 29.2 Å². The Balaban J connectivity index is 1.41. The number of thiazole rings is 1. The van der Waals surface area contributed by atoms with Gasteiger partial charge in [0.15, 0.2) is 0 Å². The number of hydrogen-bond acceptors (Lipinski definition) is 9. The van der Waals surface area contributed by atoms with Crippen LogP contribution >= 0.6 is 34.7 Å². The number of nitrogens with zero attached hydrogens (tertiary/aromatic N) is 4. The number of morpholine rings is 1. The molecule has 3 aliphatic rings. The molecule has 206 valence electrons. The largest absolute Gasteiger partial charge is 0.378 e. The lowest BCUT2D eigenvalue weighted by atomic mass is 9.83. The first-order chi connectivity index (χ1) is 19.2. The molecular formula is C26H21ClN4O7S2. The van der Waals surface area contributed by atoms with E-state index in [9.17, 15) is 29.3 Å². The summed E-state index contributed by atoms with van der Waals surface area (Å²) >= 11 is 8.21. The topological polar surface area (TPSA) is 132 Å². The molecule has 1 aromatic heterocycles. The van der Waals surface area contributed by atoms with Crippen LogP contribution in [0.5, 0.6) is 0 Å². The Labute approximate surface area is 240 Å². The molecule has 6 rings (SSSR count). The van der Waals surface area contributed by atoms with Gasteiger partial charge in [-0.25, -0.2) is 4.90 Å². The van der Waals surface area contributed by atoms with Crippen LogP contribution in [0.15, 0.2) is 58.4 Å². The molecule has 0 saturated carbocycles. The number of halogens is 1. The van der Waals surface area contributed by atoms with Gasteiger partial charge in [-0.3, -0.25) is 33.9 Å². The summed E-state index contributed by atoms with van der Waals surface area (Å²) in [6.45, 7) is 1.53. The molecular weight excluding hydrogens is 580 g/mol. The SMILES string of the molecule is O=C(Cn1c2c(sc1=O)[C@H](c1ccc(Cl)cc1)C1C(=O)N(c3ccc([N+](=O)[O-])cc3)C(=O)C1S2)N1CCOCC1. The number of benzene rings is 2. The van der Waals surface area contributed by atoms with Crippen LogP contribution in [0.25, 0.3) is 0 Å². The zero-order valence-electron chi connectivity index (χ0n) is 20.7. The molecule has 2 saturated heterocycles. The number of fused-ring (bicyclic) bond motifs is 2. The van der Waals surface area contributed by atoms with E-state index in [2.05, 4.69) is 0 Å². The number of amides is 3. The van der Waals surface area contributed by atoms with Gasteiger partial charge in [-0.2, -0.15) is 0 Å². The molecule has 0 radical (unpaired) electrons. The average molecular weight is 601 g/mol. The van der Waals surface area contributed by atoms with Crippen LogP contribution in [-0.2, 0) is 25.7 Å². The lowest BCUT2D eigenvalue weighted by Crippen LogP contribution is -2.43. The summed E-state index contributed by atoms with van der Waals surface area (Å²) in [6, 6.07) is 12.1. The van der Waals surface area contributed by atoms with Crippen molar-refractivity contribution in [3.63, 3.8) is 0 Å². The summed E-state index contributed by atoms with van der Waals surface area (Å²) in [4.78, 5) is 67.5. The van der Waals surface area contributed by atoms with E-state index in [1.165, 1.54) is 28.8 Å². The highest BCUT2D eigenvalue weighted by Gasteiger charge is 2.56. The zero-order chi connectivity index (χ0) is 28.1. The van der Waals surface area contributed by atoms with Gasteiger partial charge in [0.05, 0.1) is 34.8 Å². The summed E-state index contributed by atoms with van der Waals surface area (Å²) in [6.07, 6.45) is 0. The number of hydrogen-bond donors (Lipinski definition) is 0. The fraction of sp³-hybridized carbons (Fsp3) is 0.308. The molecule has 0 bridgehead atoms. The highest BCUT2D eigenvalue weighted by atomic mass is 35.5. The van der Waals surface area contributed by atoms with E-state index >= 15 is 0 Å². The Hall–Kier alpha value is -3.52. The lowest BCUT2D eigenvalue weighted by molar-refractivity contribution is -0.384. The minimum Gasteiger partial charge on any atom is -0.378 e. The molecule has 3 atom stereocenters. The Morgan fingerprint density at radius 1 is 1.02 bits per heavy atom. The van der Waals surface area contributed by atoms with Gasteiger partial charge in [0.25, 0.3) is 5.69 Å². The quantitative estimate of drug-likeness (QED) is 0.248. The van der Waals surface area contributed by atoms with Crippen molar-refractivity contribution >= 4 is 63.8 Å². The van der Waals surface area contributed by atoms with Crippen molar-refractivity contribution < 1.29 is 24.0 Å². The van der Waals surface area contributed by atoms with Crippen LogP contribution in [0.2, 0.25) is 5.02 Å². The summed E-state index contributed by atoms with van der Waals surface area (Å²) in [5.74, 6) is -2.63. The molecule has 0 N–H and O–H groups in total. The van der Waals surface area contributed by atoms with E-state index in [1.807, 2.05) is 0 Å². The number of nitro benzene ring substituents is 1. The summed E-state index contributed by atoms with van der Waals surface area (Å²) in [7, 11) is 0. The number of imide groups is 1. The lowest BCUT2D eigenvalue weighted by Gasteiger charge is -2.31. The molecule has 40 heavy (non-hydrogen) atoms. The van der Waals surface area contributed by atoms with E-state index in [4.69, 9.17) is 16.3 Å². The summed E-state index contributed by atoms with van der Waals surface area (Å²) < 4.78 is 6.72. The maximum absolute atomic E-state index is 13.9. The number of thioether (sulfide) groups is 1. The Bertz CT molecular complexity index is 1580. The van der Waals surface area contributed by atoms with Crippen LogP contribution in [0.1, 0.15) is 16.4 Å². The number of carbonyl (C=O) groups excluding carboxylic acids is 3. The molecule has 14 heteroatoms. The number of anilines is 1. The van der Waals surface area contributed by atoms with Crippen molar-refractivity contribution in [2.75, 3.05) is 31.2 Å². The second-order valence-electron chi connectivity index (χ2n) is 9.50. The van der Waals surface area contributed by atoms with Gasteiger partial charge in [-0.15, -0.1) is 0 Å². The van der Waals surface area contributed by atoms with Crippen LogP contribution in [-0.4, -0.2) is 63.7 Å². The van der Waals surface area contributed by atoms with Gasteiger partial charge in [-0.05, 0) is 29.8 Å². The molecule has 0 spiro atoms. The van der Waals surface area contributed by atoms with Crippen molar-refractivity contribution in [3.8, 4) is 0 Å². The van der Waals surface area contributed by atoms with Gasteiger partial charge in [0, 0.05) is 41.0 Å². The third kappa shape index (κ3) is 4.52. The summed E-state index contributed by atoms with van der Waals surface area (Å²) in [5, 5.41) is 11.2. The van der Waals surface area contributed by atoms with E-state index < -0.39 is 33.8 Å². The van der Waals surface area contributed by atoms with E-state index in [0.717, 1.165) is 28.0 Å². The Morgan fingerprint density at radius 3 is 2.35 bits per heavy atom. The smallest absolute Gasteiger partial charge is 0.308 e. The van der Waals surface area contributed by atoms with Crippen molar-refractivity contribution in [2.24, 2.45) is 5.92 Å². The average Bonchev–Trinajstić information content (AvgIpc) is 3.40. The highest BCUT2D eigenvalue weighted by molar-refractivity contribution is 8.00. The van der Waals surface area contributed by atoms with Gasteiger partial charge in [0.1, 0.15) is 11.8 Å². The molecule has 3 aromatic rings. The molecule has 2 aromatic carbocycles. The minimum absolute atomic E-state index is 0.162. The first kappa shape index (κ1) is 26.7. The van der Waals surface area contributed by atoms with Gasteiger partial charge in [0.2, 0.25) is 17.7 Å². The number of carbonyl (C=O) groups is 3. The molecule has 2 fully saturated rings. The molecule has 11 nitrogen and oxygen atoms in total. The van der Waals surface area contributed by atoms with E-state index in [-0.39, 0.29) is 28.7 Å². The van der Waals surface area contributed by atoms with Crippen molar-refractivity contribution in [3.05, 3.63) is 83.8 Å². The van der Waals surface area contributed by atoms with Crippen LogP contribution in [0.4, 0.5) is 11.4 Å².